The van der Waals surface area contributed by atoms with Crippen LogP contribution in [-0.4, -0.2) is 0 Å². The summed E-state index contributed by atoms with van der Waals surface area (Å²) < 4.78 is 0. The molecular weight excluding hydrogens is 224 g/mol. The Bertz CT molecular complexity index is 609. The lowest BCUT2D eigenvalue weighted by Crippen LogP contribution is -2.05. The third-order valence-electron chi connectivity index (χ3n) is 3.61. The van der Waals surface area contributed by atoms with Crippen molar-refractivity contribution in [2.75, 3.05) is 0 Å². The first-order valence-electron chi connectivity index (χ1n) is 5.34. The quantitative estimate of drug-likeness (QED) is 0.741. The number of nitrogens with zero attached hydrogens (tertiary/aromatic N) is 4. The number of nitriles is 4. The summed E-state index contributed by atoms with van der Waals surface area (Å²) in [4.78, 5) is 0. The van der Waals surface area contributed by atoms with E-state index in [9.17, 15) is 21.0 Å². The number of hydrogen-bond donors (Lipinski definition) is 0. The molecule has 0 spiro atoms. The maximum atomic E-state index is 9.20. The van der Waals surface area contributed by atoms with Crippen LogP contribution in [0, 0.1) is 63.1 Å². The molecule has 1 saturated carbocycles. The fourth-order valence-corrected chi connectivity index (χ4v) is 2.51. The van der Waals surface area contributed by atoms with Crippen molar-refractivity contribution >= 4 is 0 Å². The molecule has 1 aromatic carbocycles. The Morgan fingerprint density at radius 1 is 0.889 bits per heavy atom. The Morgan fingerprint density at radius 2 is 1.33 bits per heavy atom. The number of benzene rings is 1. The van der Waals surface area contributed by atoms with Crippen LogP contribution < -0.4 is 0 Å². The van der Waals surface area contributed by atoms with Crippen LogP contribution in [0.25, 0.3) is 0 Å². The normalized spacial score (nSPS) is 18.7. The van der Waals surface area contributed by atoms with Crippen molar-refractivity contribution in [3.63, 3.8) is 0 Å². The van der Waals surface area contributed by atoms with Crippen molar-refractivity contribution in [1.29, 1.82) is 21.0 Å². The molecule has 0 atom stereocenters. The van der Waals surface area contributed by atoms with E-state index in [-0.39, 0.29) is 0 Å². The van der Waals surface area contributed by atoms with Gasteiger partial charge >= 0.3 is 0 Å². The van der Waals surface area contributed by atoms with Crippen molar-refractivity contribution in [2.24, 2.45) is 10.8 Å². The fraction of sp³-hybridized carbons (Fsp3) is 0.286. The summed E-state index contributed by atoms with van der Waals surface area (Å²) in [5, 5.41) is 36.8. The second-order valence-electron chi connectivity index (χ2n) is 4.35. The summed E-state index contributed by atoms with van der Waals surface area (Å²) >= 11 is 0. The topological polar surface area (TPSA) is 95.2 Å². The largest absolute Gasteiger partial charge is 0.196 e. The highest BCUT2D eigenvalue weighted by Gasteiger charge is 2.82. The number of rotatable bonds is 1. The van der Waals surface area contributed by atoms with Crippen LogP contribution in [0.1, 0.15) is 17.0 Å². The smallest absolute Gasteiger partial charge is 0.185 e. The van der Waals surface area contributed by atoms with Gasteiger partial charge in [-0.25, -0.2) is 0 Å². The number of aryl methyl sites for hydroxylation is 1. The Morgan fingerprint density at radius 3 is 1.72 bits per heavy atom. The third kappa shape index (κ3) is 1.05. The predicted molar refractivity (Wildman–Crippen MR) is 61.2 cm³/mol. The van der Waals surface area contributed by atoms with Crippen LogP contribution in [0.5, 0.6) is 0 Å². The van der Waals surface area contributed by atoms with Crippen molar-refractivity contribution in [3.05, 3.63) is 35.4 Å². The molecule has 0 heterocycles. The lowest BCUT2D eigenvalue weighted by molar-refractivity contribution is 0.727. The van der Waals surface area contributed by atoms with Crippen LogP contribution in [0.3, 0.4) is 0 Å². The Hall–Kier alpha value is -2.82. The third-order valence-corrected chi connectivity index (χ3v) is 3.61. The van der Waals surface area contributed by atoms with Gasteiger partial charge in [0, 0.05) is 0 Å². The summed E-state index contributed by atoms with van der Waals surface area (Å²) in [7, 11) is 0. The average molecular weight is 232 g/mol. The highest BCUT2D eigenvalue weighted by Crippen LogP contribution is 2.73. The van der Waals surface area contributed by atoms with Gasteiger partial charge in [0.2, 0.25) is 0 Å². The molecule has 2 rings (SSSR count). The summed E-state index contributed by atoms with van der Waals surface area (Å²) in [5.41, 5.74) is -1.50. The van der Waals surface area contributed by atoms with E-state index in [1.807, 2.05) is 43.3 Å². The summed E-state index contributed by atoms with van der Waals surface area (Å²) in [6.07, 6.45) is 0. The molecule has 1 aromatic rings. The zero-order valence-electron chi connectivity index (χ0n) is 9.68. The van der Waals surface area contributed by atoms with Gasteiger partial charge in [-0.2, -0.15) is 21.0 Å². The van der Waals surface area contributed by atoms with E-state index in [2.05, 4.69) is 0 Å². The summed E-state index contributed by atoms with van der Waals surface area (Å²) in [5.74, 6) is -0.656. The molecule has 1 aliphatic carbocycles. The standard InChI is InChI=1S/C14H8N4/c1-10-4-2-3-5-11(10)12-13(6-15,7-16)14(12,8-17)9-18/h2-5,12H,1H3. The first-order chi connectivity index (χ1) is 8.63. The van der Waals surface area contributed by atoms with Gasteiger partial charge in [0.05, 0.1) is 30.2 Å². The molecule has 0 radical (unpaired) electrons. The first kappa shape index (κ1) is 11.7. The molecule has 0 saturated heterocycles. The molecule has 0 unspecified atom stereocenters. The van der Waals surface area contributed by atoms with E-state index in [0.29, 0.717) is 0 Å². The predicted octanol–water partition coefficient (Wildman–Crippen LogP) is 2.16. The lowest BCUT2D eigenvalue weighted by Gasteiger charge is -2.03. The lowest BCUT2D eigenvalue weighted by atomic mass is 9.98. The molecule has 0 aromatic heterocycles. The van der Waals surface area contributed by atoms with E-state index in [1.54, 1.807) is 12.1 Å². The maximum Gasteiger partial charge on any atom is 0.185 e. The van der Waals surface area contributed by atoms with E-state index in [1.165, 1.54) is 0 Å². The molecule has 84 valence electrons. The SMILES string of the molecule is Cc1ccccc1C1C(C#N)(C#N)C1(C#N)C#N. The Labute approximate surface area is 105 Å². The van der Waals surface area contributed by atoms with Crippen molar-refractivity contribution in [2.45, 2.75) is 12.8 Å². The van der Waals surface area contributed by atoms with Crippen LogP contribution in [0.2, 0.25) is 0 Å². The first-order valence-corrected chi connectivity index (χ1v) is 5.34. The average Bonchev–Trinajstić information content (AvgIpc) is 3.02. The van der Waals surface area contributed by atoms with Gasteiger partial charge in [0.1, 0.15) is 0 Å². The van der Waals surface area contributed by atoms with Crippen molar-refractivity contribution < 1.29 is 0 Å². The molecule has 4 heteroatoms. The monoisotopic (exact) mass is 232 g/mol. The summed E-state index contributed by atoms with van der Waals surface area (Å²) in [6.45, 7) is 1.84. The van der Waals surface area contributed by atoms with Gasteiger partial charge in [-0.15, -0.1) is 0 Å². The van der Waals surface area contributed by atoms with Crippen molar-refractivity contribution in [1.82, 2.24) is 0 Å². The molecule has 0 bridgehead atoms. The van der Waals surface area contributed by atoms with Gasteiger partial charge < -0.3 is 0 Å². The van der Waals surface area contributed by atoms with Gasteiger partial charge in [-0.1, -0.05) is 24.3 Å². The molecule has 1 aliphatic rings. The minimum Gasteiger partial charge on any atom is -0.196 e. The maximum absolute atomic E-state index is 9.20. The molecule has 0 aliphatic heterocycles. The van der Waals surface area contributed by atoms with Gasteiger partial charge in [-0.05, 0) is 18.1 Å². The highest BCUT2D eigenvalue weighted by atomic mass is 14.8. The van der Waals surface area contributed by atoms with Gasteiger partial charge in [-0.3, -0.25) is 0 Å². The summed E-state index contributed by atoms with van der Waals surface area (Å²) in [6, 6.07) is 14.7. The van der Waals surface area contributed by atoms with Crippen molar-refractivity contribution in [3.8, 4) is 24.3 Å². The Kier molecular flexibility index (Phi) is 2.33. The second kappa shape index (κ2) is 3.59. The van der Waals surface area contributed by atoms with Crippen LogP contribution in [0.15, 0.2) is 24.3 Å². The molecule has 1 fully saturated rings. The van der Waals surface area contributed by atoms with E-state index in [0.717, 1.165) is 11.1 Å². The highest BCUT2D eigenvalue weighted by molar-refractivity contribution is 5.60. The van der Waals surface area contributed by atoms with Gasteiger partial charge in [0.25, 0.3) is 0 Å². The van der Waals surface area contributed by atoms with Gasteiger partial charge in [0.15, 0.2) is 10.8 Å². The number of hydrogen-bond acceptors (Lipinski definition) is 4. The zero-order valence-corrected chi connectivity index (χ0v) is 9.68. The fourth-order valence-electron chi connectivity index (χ4n) is 2.51. The molecular formula is C14H8N4. The van der Waals surface area contributed by atoms with E-state index in [4.69, 9.17) is 0 Å². The van der Waals surface area contributed by atoms with E-state index < -0.39 is 16.7 Å². The van der Waals surface area contributed by atoms with Crippen LogP contribution >= 0.6 is 0 Å². The second-order valence-corrected chi connectivity index (χ2v) is 4.35. The molecule has 18 heavy (non-hydrogen) atoms. The molecule has 0 N–H and O–H groups in total. The minimum atomic E-state index is -1.55. The molecule has 0 amide bonds. The molecule has 4 nitrogen and oxygen atoms in total. The van der Waals surface area contributed by atoms with Crippen LogP contribution in [-0.2, 0) is 0 Å². The minimum absolute atomic E-state index is 0.656. The zero-order chi connectivity index (χ0) is 13.4. The van der Waals surface area contributed by atoms with E-state index >= 15 is 0 Å². The Balaban J connectivity index is 2.67. The van der Waals surface area contributed by atoms with Crippen LogP contribution in [0.4, 0.5) is 0 Å².